The first-order valence-corrected chi connectivity index (χ1v) is 6.34. The summed E-state index contributed by atoms with van der Waals surface area (Å²) in [4.78, 5) is 12.0. The van der Waals surface area contributed by atoms with Crippen LogP contribution in [0.2, 0.25) is 0 Å². The molecule has 3 N–H and O–H groups in total. The number of nitrogens with one attached hydrogen (secondary N) is 1. The Hall–Kier alpha value is -1.35. The lowest BCUT2D eigenvalue weighted by atomic mass is 9.86. The fourth-order valence-electron chi connectivity index (χ4n) is 1.63. The number of hydrogen-bond acceptors (Lipinski definition) is 2. The van der Waals surface area contributed by atoms with Gasteiger partial charge >= 0.3 is 0 Å². The second-order valence-corrected chi connectivity index (χ2v) is 5.98. The van der Waals surface area contributed by atoms with E-state index in [1.807, 2.05) is 58.9 Å². The van der Waals surface area contributed by atoms with Crippen molar-refractivity contribution < 1.29 is 4.79 Å². The van der Waals surface area contributed by atoms with Gasteiger partial charge in [-0.2, -0.15) is 0 Å². The Morgan fingerprint density at radius 1 is 1.22 bits per heavy atom. The van der Waals surface area contributed by atoms with E-state index >= 15 is 0 Å². The minimum Gasteiger partial charge on any atom is -0.348 e. The zero-order valence-corrected chi connectivity index (χ0v) is 11.9. The van der Waals surface area contributed by atoms with Crippen LogP contribution in [0, 0.1) is 12.3 Å². The number of carbonyl (C=O) groups is 1. The molecule has 0 radical (unpaired) electrons. The number of benzene rings is 1. The fourth-order valence-corrected chi connectivity index (χ4v) is 1.63. The monoisotopic (exact) mass is 248 g/mol. The molecule has 0 saturated heterocycles. The topological polar surface area (TPSA) is 55.1 Å². The Balaban J connectivity index is 2.68. The molecule has 0 fully saturated rings. The molecule has 0 unspecified atom stereocenters. The summed E-state index contributed by atoms with van der Waals surface area (Å²) in [5.41, 5.74) is 8.01. The first-order chi connectivity index (χ1) is 8.21. The van der Waals surface area contributed by atoms with Crippen molar-refractivity contribution >= 4 is 5.91 Å². The minimum atomic E-state index is -0.495. The lowest BCUT2D eigenvalue weighted by Crippen LogP contribution is -2.49. The first-order valence-electron chi connectivity index (χ1n) is 6.34. The van der Waals surface area contributed by atoms with Gasteiger partial charge in [-0.1, -0.05) is 50.6 Å². The minimum absolute atomic E-state index is 0.0218. The smallest absolute Gasteiger partial charge is 0.237 e. The highest BCUT2D eigenvalue weighted by Crippen LogP contribution is 2.19. The van der Waals surface area contributed by atoms with Crippen LogP contribution in [0.3, 0.4) is 0 Å². The van der Waals surface area contributed by atoms with Gasteiger partial charge in [0.15, 0.2) is 0 Å². The highest BCUT2D eigenvalue weighted by molar-refractivity contribution is 5.82. The van der Waals surface area contributed by atoms with Gasteiger partial charge in [-0.3, -0.25) is 4.79 Å². The van der Waals surface area contributed by atoms with Crippen LogP contribution in [0.5, 0.6) is 0 Å². The molecule has 0 heterocycles. The van der Waals surface area contributed by atoms with Crippen LogP contribution < -0.4 is 11.1 Å². The van der Waals surface area contributed by atoms with Gasteiger partial charge in [0.2, 0.25) is 5.91 Å². The summed E-state index contributed by atoms with van der Waals surface area (Å²) in [6.07, 6.45) is 0. The maximum absolute atomic E-state index is 12.0. The molecule has 3 heteroatoms. The van der Waals surface area contributed by atoms with Gasteiger partial charge < -0.3 is 11.1 Å². The SMILES string of the molecule is Cc1ccc([C@@H](C)NC(=O)[C@@H](N)C(C)(C)C)cc1. The molecular weight excluding hydrogens is 224 g/mol. The summed E-state index contributed by atoms with van der Waals surface area (Å²) >= 11 is 0. The normalized spacial score (nSPS) is 15.0. The van der Waals surface area contributed by atoms with Crippen molar-refractivity contribution in [3.8, 4) is 0 Å². The van der Waals surface area contributed by atoms with E-state index in [0.29, 0.717) is 0 Å². The lowest BCUT2D eigenvalue weighted by Gasteiger charge is -2.27. The summed E-state index contributed by atoms with van der Waals surface area (Å²) in [5, 5.41) is 2.96. The molecule has 0 bridgehead atoms. The van der Waals surface area contributed by atoms with Crippen molar-refractivity contribution in [3.63, 3.8) is 0 Å². The fraction of sp³-hybridized carbons (Fsp3) is 0.533. The molecule has 0 aliphatic heterocycles. The van der Waals surface area contributed by atoms with Gasteiger partial charge in [-0.25, -0.2) is 0 Å². The molecule has 100 valence electrons. The van der Waals surface area contributed by atoms with Crippen LogP contribution in [0.4, 0.5) is 0 Å². The number of carbonyl (C=O) groups excluding carboxylic acids is 1. The Bertz CT molecular complexity index is 403. The van der Waals surface area contributed by atoms with E-state index in [1.165, 1.54) is 5.56 Å². The van der Waals surface area contributed by atoms with Gasteiger partial charge in [0.05, 0.1) is 12.1 Å². The number of rotatable bonds is 3. The van der Waals surface area contributed by atoms with Crippen molar-refractivity contribution in [1.29, 1.82) is 0 Å². The molecule has 1 rings (SSSR count). The van der Waals surface area contributed by atoms with Gasteiger partial charge in [0.25, 0.3) is 0 Å². The van der Waals surface area contributed by atoms with E-state index in [1.54, 1.807) is 0 Å². The average molecular weight is 248 g/mol. The quantitative estimate of drug-likeness (QED) is 0.863. The van der Waals surface area contributed by atoms with Crippen LogP contribution in [0.1, 0.15) is 44.9 Å². The van der Waals surface area contributed by atoms with E-state index in [2.05, 4.69) is 5.32 Å². The van der Waals surface area contributed by atoms with Crippen molar-refractivity contribution in [2.24, 2.45) is 11.1 Å². The van der Waals surface area contributed by atoms with E-state index in [-0.39, 0.29) is 17.4 Å². The van der Waals surface area contributed by atoms with E-state index in [9.17, 15) is 4.79 Å². The van der Waals surface area contributed by atoms with Gasteiger partial charge in [-0.15, -0.1) is 0 Å². The first kappa shape index (κ1) is 14.7. The van der Waals surface area contributed by atoms with Gasteiger partial charge in [-0.05, 0) is 24.8 Å². The Morgan fingerprint density at radius 2 is 1.72 bits per heavy atom. The Morgan fingerprint density at radius 3 is 2.17 bits per heavy atom. The van der Waals surface area contributed by atoms with Crippen molar-refractivity contribution in [2.45, 2.75) is 46.7 Å². The molecular formula is C15H24N2O. The van der Waals surface area contributed by atoms with E-state index < -0.39 is 6.04 Å². The highest BCUT2D eigenvalue weighted by Gasteiger charge is 2.28. The largest absolute Gasteiger partial charge is 0.348 e. The van der Waals surface area contributed by atoms with Crippen LogP contribution in [-0.4, -0.2) is 11.9 Å². The molecule has 1 amide bonds. The second kappa shape index (κ2) is 5.53. The van der Waals surface area contributed by atoms with E-state index in [0.717, 1.165) is 5.56 Å². The molecule has 0 saturated carbocycles. The van der Waals surface area contributed by atoms with Crippen LogP contribution in [0.25, 0.3) is 0 Å². The average Bonchev–Trinajstić information content (AvgIpc) is 2.27. The predicted molar refractivity (Wildman–Crippen MR) is 75.2 cm³/mol. The number of aryl methyl sites for hydroxylation is 1. The predicted octanol–water partition coefficient (Wildman–Crippen LogP) is 2.55. The van der Waals surface area contributed by atoms with Crippen molar-refractivity contribution in [3.05, 3.63) is 35.4 Å². The molecule has 0 aliphatic carbocycles. The van der Waals surface area contributed by atoms with E-state index in [4.69, 9.17) is 5.73 Å². The van der Waals surface area contributed by atoms with Crippen LogP contribution in [0.15, 0.2) is 24.3 Å². The molecule has 1 aromatic rings. The molecule has 0 aliphatic rings. The summed E-state index contributed by atoms with van der Waals surface area (Å²) in [6.45, 7) is 9.91. The Labute approximate surface area is 110 Å². The number of hydrogen-bond donors (Lipinski definition) is 2. The zero-order valence-electron chi connectivity index (χ0n) is 11.9. The molecule has 0 aromatic heterocycles. The highest BCUT2D eigenvalue weighted by atomic mass is 16.2. The third-order valence-corrected chi connectivity index (χ3v) is 3.15. The maximum Gasteiger partial charge on any atom is 0.237 e. The molecule has 3 nitrogen and oxygen atoms in total. The number of amides is 1. The standard InChI is InChI=1S/C15H24N2O/c1-10-6-8-12(9-7-10)11(2)17-14(18)13(16)15(3,4)5/h6-9,11,13H,16H2,1-5H3,(H,17,18)/t11-,13-/m1/s1. The molecule has 2 atom stereocenters. The van der Waals surface area contributed by atoms with Gasteiger partial charge in [0, 0.05) is 0 Å². The lowest BCUT2D eigenvalue weighted by molar-refractivity contribution is -0.125. The molecule has 1 aromatic carbocycles. The van der Waals surface area contributed by atoms with Crippen LogP contribution in [-0.2, 0) is 4.79 Å². The van der Waals surface area contributed by atoms with Crippen molar-refractivity contribution in [2.75, 3.05) is 0 Å². The third kappa shape index (κ3) is 3.84. The summed E-state index contributed by atoms with van der Waals surface area (Å²) in [6, 6.07) is 7.63. The summed E-state index contributed by atoms with van der Waals surface area (Å²) in [5.74, 6) is -0.101. The second-order valence-electron chi connectivity index (χ2n) is 5.98. The maximum atomic E-state index is 12.0. The molecule has 0 spiro atoms. The van der Waals surface area contributed by atoms with Gasteiger partial charge in [0.1, 0.15) is 0 Å². The summed E-state index contributed by atoms with van der Waals surface area (Å²) in [7, 11) is 0. The van der Waals surface area contributed by atoms with Crippen molar-refractivity contribution in [1.82, 2.24) is 5.32 Å². The molecule has 18 heavy (non-hydrogen) atoms. The Kier molecular flexibility index (Phi) is 4.52. The summed E-state index contributed by atoms with van der Waals surface area (Å²) < 4.78 is 0. The van der Waals surface area contributed by atoms with Crippen LogP contribution >= 0.6 is 0 Å². The number of nitrogens with two attached hydrogens (primary N) is 1. The zero-order chi connectivity index (χ0) is 13.9. The third-order valence-electron chi connectivity index (χ3n) is 3.15.